The van der Waals surface area contributed by atoms with Crippen LogP contribution in [-0.2, 0) is 4.79 Å². The number of imide groups is 1. The van der Waals surface area contributed by atoms with E-state index < -0.39 is 0 Å². The first-order valence-corrected chi connectivity index (χ1v) is 8.20. The number of aryl methyl sites for hydroxylation is 2. The van der Waals surface area contributed by atoms with Crippen molar-refractivity contribution in [1.82, 2.24) is 0 Å². The molecule has 3 nitrogen and oxygen atoms in total. The molecule has 0 aliphatic carbocycles. The van der Waals surface area contributed by atoms with Crippen molar-refractivity contribution < 1.29 is 9.59 Å². The molecule has 0 radical (unpaired) electrons. The van der Waals surface area contributed by atoms with Crippen LogP contribution in [0, 0.1) is 20.8 Å². The molecule has 0 atom stereocenters. The topological polar surface area (TPSA) is 37.4 Å². The molecular weight excluding hydrogens is 306 g/mol. The minimum absolute atomic E-state index is 0.248. The second kappa shape index (κ2) is 6.05. The number of carbonyl (C=O) groups is 2. The minimum Gasteiger partial charge on any atom is -0.268 e. The van der Waals surface area contributed by atoms with Gasteiger partial charge >= 0.3 is 0 Å². The molecule has 1 fully saturated rings. The van der Waals surface area contributed by atoms with E-state index in [2.05, 4.69) is 0 Å². The number of hydrogen-bond acceptors (Lipinski definition) is 3. The molecule has 1 saturated heterocycles. The molecule has 4 heteroatoms. The van der Waals surface area contributed by atoms with Crippen molar-refractivity contribution >= 4 is 34.7 Å². The highest BCUT2D eigenvalue weighted by atomic mass is 32.2. The van der Waals surface area contributed by atoms with Crippen LogP contribution in [0.3, 0.4) is 0 Å². The first kappa shape index (κ1) is 15.6. The van der Waals surface area contributed by atoms with Crippen molar-refractivity contribution in [1.29, 1.82) is 0 Å². The van der Waals surface area contributed by atoms with Gasteiger partial charge in [-0.25, -0.2) is 4.90 Å². The number of hydrogen-bond donors (Lipinski definition) is 0. The molecule has 0 aromatic heterocycles. The molecule has 2 aromatic carbocycles. The molecule has 116 valence electrons. The Morgan fingerprint density at radius 2 is 1.65 bits per heavy atom. The summed E-state index contributed by atoms with van der Waals surface area (Å²) in [5.74, 6) is -0.255. The van der Waals surface area contributed by atoms with E-state index in [0.717, 1.165) is 34.0 Å². The van der Waals surface area contributed by atoms with Crippen LogP contribution >= 0.6 is 11.8 Å². The highest BCUT2D eigenvalue weighted by molar-refractivity contribution is 8.19. The van der Waals surface area contributed by atoms with Crippen LogP contribution in [-0.4, -0.2) is 11.1 Å². The van der Waals surface area contributed by atoms with E-state index in [1.165, 1.54) is 4.90 Å². The Balaban J connectivity index is 1.97. The second-order valence-corrected chi connectivity index (χ2v) is 6.64. The average Bonchev–Trinajstić information content (AvgIpc) is 2.79. The standard InChI is InChI=1S/C19H17NO2S/c1-12-7-9-15(10-8-12)11-17-18(21)20(19(22)23-17)16-6-4-5-13(2)14(16)3/h4-11H,1-3H3/b17-11-. The van der Waals surface area contributed by atoms with E-state index in [-0.39, 0.29) is 11.1 Å². The highest BCUT2D eigenvalue weighted by Gasteiger charge is 2.37. The van der Waals surface area contributed by atoms with Gasteiger partial charge in [0.2, 0.25) is 0 Å². The van der Waals surface area contributed by atoms with E-state index >= 15 is 0 Å². The summed E-state index contributed by atoms with van der Waals surface area (Å²) in [7, 11) is 0. The zero-order chi connectivity index (χ0) is 16.6. The SMILES string of the molecule is Cc1ccc(/C=C2\SC(=O)N(c3cccc(C)c3C)C2=O)cc1. The molecule has 3 rings (SSSR count). The number of nitrogens with zero attached hydrogens (tertiary/aromatic N) is 1. The molecule has 0 spiro atoms. The largest absolute Gasteiger partial charge is 0.298 e. The Bertz CT molecular complexity index is 822. The third-order valence-electron chi connectivity index (χ3n) is 3.99. The quantitative estimate of drug-likeness (QED) is 0.741. The zero-order valence-electron chi connectivity index (χ0n) is 13.3. The maximum atomic E-state index is 12.7. The number of anilines is 1. The third-order valence-corrected chi connectivity index (χ3v) is 4.86. The fourth-order valence-corrected chi connectivity index (χ4v) is 3.30. The monoisotopic (exact) mass is 323 g/mol. The first-order chi connectivity index (χ1) is 11.0. The van der Waals surface area contributed by atoms with Crippen molar-refractivity contribution in [3.8, 4) is 0 Å². The Morgan fingerprint density at radius 3 is 2.35 bits per heavy atom. The van der Waals surface area contributed by atoms with Gasteiger partial charge in [-0.2, -0.15) is 0 Å². The second-order valence-electron chi connectivity index (χ2n) is 5.65. The van der Waals surface area contributed by atoms with E-state index in [9.17, 15) is 9.59 Å². The Morgan fingerprint density at radius 1 is 0.957 bits per heavy atom. The maximum absolute atomic E-state index is 12.7. The third kappa shape index (κ3) is 2.94. The highest BCUT2D eigenvalue weighted by Crippen LogP contribution is 2.37. The van der Waals surface area contributed by atoms with Crippen molar-refractivity contribution in [3.63, 3.8) is 0 Å². The summed E-state index contributed by atoms with van der Waals surface area (Å²) in [5, 5.41) is -0.248. The van der Waals surface area contributed by atoms with Gasteiger partial charge in [-0.05, 0) is 61.4 Å². The minimum atomic E-state index is -0.255. The zero-order valence-corrected chi connectivity index (χ0v) is 14.1. The van der Waals surface area contributed by atoms with Crippen molar-refractivity contribution in [2.24, 2.45) is 0 Å². The van der Waals surface area contributed by atoms with Gasteiger partial charge in [0.25, 0.3) is 11.1 Å². The van der Waals surface area contributed by atoms with E-state index in [1.54, 1.807) is 6.08 Å². The van der Waals surface area contributed by atoms with Crippen molar-refractivity contribution in [2.75, 3.05) is 4.90 Å². The molecule has 0 saturated carbocycles. The summed E-state index contributed by atoms with van der Waals surface area (Å²) in [5.41, 5.74) is 4.75. The summed E-state index contributed by atoms with van der Waals surface area (Å²) < 4.78 is 0. The molecule has 1 aliphatic rings. The summed E-state index contributed by atoms with van der Waals surface area (Å²) >= 11 is 0.989. The van der Waals surface area contributed by atoms with Crippen LogP contribution in [0.5, 0.6) is 0 Å². The molecule has 0 N–H and O–H groups in total. The van der Waals surface area contributed by atoms with Crippen LogP contribution in [0.15, 0.2) is 47.4 Å². The van der Waals surface area contributed by atoms with Gasteiger partial charge in [0.15, 0.2) is 0 Å². The van der Waals surface area contributed by atoms with Crippen LogP contribution in [0.2, 0.25) is 0 Å². The van der Waals surface area contributed by atoms with Gasteiger partial charge in [0.1, 0.15) is 0 Å². The van der Waals surface area contributed by atoms with Crippen LogP contribution in [0.1, 0.15) is 22.3 Å². The lowest BCUT2D eigenvalue weighted by molar-refractivity contribution is -0.113. The van der Waals surface area contributed by atoms with Gasteiger partial charge in [-0.1, -0.05) is 42.0 Å². The van der Waals surface area contributed by atoms with E-state index in [1.807, 2.05) is 63.2 Å². The number of rotatable bonds is 2. The first-order valence-electron chi connectivity index (χ1n) is 7.38. The summed E-state index contributed by atoms with van der Waals surface area (Å²) in [6, 6.07) is 13.5. The van der Waals surface area contributed by atoms with Crippen LogP contribution < -0.4 is 4.90 Å². The number of carbonyl (C=O) groups excluding carboxylic acids is 2. The normalized spacial score (nSPS) is 16.5. The van der Waals surface area contributed by atoms with Gasteiger partial charge < -0.3 is 0 Å². The number of amides is 2. The van der Waals surface area contributed by atoms with Gasteiger partial charge in [-0.15, -0.1) is 0 Å². The molecule has 23 heavy (non-hydrogen) atoms. The predicted molar refractivity (Wildman–Crippen MR) is 95.5 cm³/mol. The van der Waals surface area contributed by atoms with Gasteiger partial charge in [0.05, 0.1) is 10.6 Å². The van der Waals surface area contributed by atoms with Gasteiger partial charge in [-0.3, -0.25) is 9.59 Å². The molecule has 1 heterocycles. The summed E-state index contributed by atoms with van der Waals surface area (Å²) in [6.07, 6.45) is 1.77. The number of benzene rings is 2. The summed E-state index contributed by atoms with van der Waals surface area (Å²) in [6.45, 7) is 5.91. The van der Waals surface area contributed by atoms with Crippen LogP contribution in [0.4, 0.5) is 10.5 Å². The Hall–Kier alpha value is -2.33. The molecule has 0 unspecified atom stereocenters. The number of thioether (sulfide) groups is 1. The fraction of sp³-hybridized carbons (Fsp3) is 0.158. The molecule has 0 bridgehead atoms. The Labute approximate surface area is 140 Å². The fourth-order valence-electron chi connectivity index (χ4n) is 2.47. The van der Waals surface area contributed by atoms with E-state index in [0.29, 0.717) is 10.6 Å². The van der Waals surface area contributed by atoms with Crippen molar-refractivity contribution in [3.05, 3.63) is 69.6 Å². The average molecular weight is 323 g/mol. The van der Waals surface area contributed by atoms with Crippen molar-refractivity contribution in [2.45, 2.75) is 20.8 Å². The lowest BCUT2D eigenvalue weighted by Gasteiger charge is -2.16. The summed E-state index contributed by atoms with van der Waals surface area (Å²) in [4.78, 5) is 26.7. The molecule has 1 aliphatic heterocycles. The Kier molecular flexibility index (Phi) is 4.09. The molecular formula is C19H17NO2S. The van der Waals surface area contributed by atoms with E-state index in [4.69, 9.17) is 0 Å². The lowest BCUT2D eigenvalue weighted by atomic mass is 10.1. The molecule has 2 aromatic rings. The molecule has 2 amide bonds. The smallest absolute Gasteiger partial charge is 0.268 e. The lowest BCUT2D eigenvalue weighted by Crippen LogP contribution is -2.28. The van der Waals surface area contributed by atoms with Crippen LogP contribution in [0.25, 0.3) is 6.08 Å². The maximum Gasteiger partial charge on any atom is 0.298 e. The van der Waals surface area contributed by atoms with Gasteiger partial charge in [0, 0.05) is 0 Å². The predicted octanol–water partition coefficient (Wildman–Crippen LogP) is 4.85.